The van der Waals surface area contributed by atoms with E-state index < -0.39 is 0 Å². The zero-order chi connectivity index (χ0) is 21.3. The minimum Gasteiger partial charge on any atom is -0.370 e. The molecule has 0 saturated carbocycles. The van der Waals surface area contributed by atoms with Crippen molar-refractivity contribution < 1.29 is 9.59 Å². The number of hydrogen-bond acceptors (Lipinski definition) is 3. The summed E-state index contributed by atoms with van der Waals surface area (Å²) in [6.45, 7) is 6.73. The number of fused-ring (bicyclic) bond motifs is 1. The molecule has 1 atom stereocenters. The lowest BCUT2D eigenvalue weighted by Gasteiger charge is -2.34. The summed E-state index contributed by atoms with van der Waals surface area (Å²) in [6, 6.07) is 8.38. The molecule has 172 valence electrons. The molecule has 8 heteroatoms. The van der Waals surface area contributed by atoms with Gasteiger partial charge in [0.2, 0.25) is 11.8 Å². The molecule has 0 aliphatic carbocycles. The normalized spacial score (nSPS) is 18.7. The minimum absolute atomic E-state index is 0. The Morgan fingerprint density at radius 3 is 2.71 bits per heavy atom. The number of primary amides is 1. The lowest BCUT2D eigenvalue weighted by Crippen LogP contribution is -2.47. The van der Waals surface area contributed by atoms with Crippen molar-refractivity contribution in [1.82, 2.24) is 15.1 Å². The van der Waals surface area contributed by atoms with Crippen LogP contribution < -0.4 is 11.1 Å². The fraction of sp³-hybridized carbons (Fsp3) is 0.609. The van der Waals surface area contributed by atoms with Crippen LogP contribution in [-0.2, 0) is 22.6 Å². The van der Waals surface area contributed by atoms with Crippen LogP contribution in [0.15, 0.2) is 29.3 Å². The van der Waals surface area contributed by atoms with Crippen molar-refractivity contribution in [3.05, 3.63) is 35.4 Å². The van der Waals surface area contributed by atoms with Crippen LogP contribution in [0.4, 0.5) is 0 Å². The number of piperidine rings is 1. The van der Waals surface area contributed by atoms with Crippen LogP contribution in [0.2, 0.25) is 0 Å². The SMILES string of the molecule is CCNC(=NCCCC(=O)N1CCc2ccccc2C1)N1CCCC(CC(N)=O)C1.I. The molecule has 0 radical (unpaired) electrons. The van der Waals surface area contributed by atoms with Gasteiger partial charge in [-0.2, -0.15) is 0 Å². The molecule has 1 aromatic rings. The minimum atomic E-state index is -0.234. The smallest absolute Gasteiger partial charge is 0.222 e. The summed E-state index contributed by atoms with van der Waals surface area (Å²) in [5.41, 5.74) is 8.00. The Labute approximate surface area is 202 Å². The van der Waals surface area contributed by atoms with Crippen molar-refractivity contribution in [2.75, 3.05) is 32.7 Å². The van der Waals surface area contributed by atoms with E-state index >= 15 is 0 Å². The largest absolute Gasteiger partial charge is 0.370 e. The maximum Gasteiger partial charge on any atom is 0.222 e. The Hall–Kier alpha value is -1.84. The number of halogens is 1. The van der Waals surface area contributed by atoms with Crippen LogP contribution >= 0.6 is 24.0 Å². The van der Waals surface area contributed by atoms with Crippen molar-refractivity contribution in [1.29, 1.82) is 0 Å². The van der Waals surface area contributed by atoms with Gasteiger partial charge in [-0.25, -0.2) is 0 Å². The summed E-state index contributed by atoms with van der Waals surface area (Å²) in [6.07, 6.45) is 4.71. The van der Waals surface area contributed by atoms with Gasteiger partial charge >= 0.3 is 0 Å². The van der Waals surface area contributed by atoms with Gasteiger partial charge < -0.3 is 20.9 Å². The number of benzene rings is 1. The Morgan fingerprint density at radius 2 is 1.97 bits per heavy atom. The topological polar surface area (TPSA) is 91.0 Å². The number of rotatable bonds is 7. The molecule has 2 heterocycles. The molecule has 2 amide bonds. The molecule has 0 aromatic heterocycles. The molecule has 1 saturated heterocycles. The third kappa shape index (κ3) is 7.66. The average Bonchev–Trinajstić information content (AvgIpc) is 2.75. The van der Waals surface area contributed by atoms with Gasteiger partial charge in [-0.15, -0.1) is 24.0 Å². The van der Waals surface area contributed by atoms with E-state index in [0.717, 1.165) is 64.4 Å². The van der Waals surface area contributed by atoms with E-state index in [0.29, 0.717) is 25.3 Å². The van der Waals surface area contributed by atoms with Crippen molar-refractivity contribution in [2.24, 2.45) is 16.6 Å². The van der Waals surface area contributed by atoms with Gasteiger partial charge in [-0.1, -0.05) is 24.3 Å². The van der Waals surface area contributed by atoms with Crippen LogP contribution in [0.5, 0.6) is 0 Å². The van der Waals surface area contributed by atoms with E-state index in [9.17, 15) is 9.59 Å². The predicted octanol–water partition coefficient (Wildman–Crippen LogP) is 2.52. The molecular weight excluding hydrogens is 505 g/mol. The van der Waals surface area contributed by atoms with Gasteiger partial charge in [0.05, 0.1) is 0 Å². The van der Waals surface area contributed by atoms with Gasteiger partial charge in [0.15, 0.2) is 5.96 Å². The maximum absolute atomic E-state index is 12.6. The summed E-state index contributed by atoms with van der Waals surface area (Å²) >= 11 is 0. The number of amides is 2. The highest BCUT2D eigenvalue weighted by Crippen LogP contribution is 2.20. The van der Waals surface area contributed by atoms with Gasteiger partial charge in [-0.05, 0) is 49.7 Å². The summed E-state index contributed by atoms with van der Waals surface area (Å²) in [5.74, 6) is 1.15. The Morgan fingerprint density at radius 1 is 1.19 bits per heavy atom. The highest BCUT2D eigenvalue weighted by molar-refractivity contribution is 14.0. The highest BCUT2D eigenvalue weighted by Gasteiger charge is 2.24. The number of carbonyl (C=O) groups is 2. The second-order valence-corrected chi connectivity index (χ2v) is 8.30. The Balaban J connectivity index is 0.00000341. The van der Waals surface area contributed by atoms with Crippen LogP contribution in [0.3, 0.4) is 0 Å². The molecule has 7 nitrogen and oxygen atoms in total. The van der Waals surface area contributed by atoms with E-state index in [4.69, 9.17) is 10.7 Å². The molecule has 1 fully saturated rings. The molecule has 2 aliphatic rings. The average molecular weight is 541 g/mol. The van der Waals surface area contributed by atoms with Gasteiger partial charge in [-0.3, -0.25) is 14.6 Å². The monoisotopic (exact) mass is 541 g/mol. The van der Waals surface area contributed by atoms with E-state index in [2.05, 4.69) is 35.3 Å². The third-order valence-corrected chi connectivity index (χ3v) is 5.94. The third-order valence-electron chi connectivity index (χ3n) is 5.94. The van der Waals surface area contributed by atoms with Gasteiger partial charge in [0.25, 0.3) is 0 Å². The number of nitrogens with two attached hydrogens (primary N) is 1. The standard InChI is InChI=1S/C23H35N5O2.HI/c1-2-25-23(28-13-6-7-18(16-28)15-21(24)29)26-12-5-10-22(30)27-14-11-19-8-3-4-9-20(19)17-27;/h3-4,8-9,18H,2,5-7,10-17H2,1H3,(H2,24,29)(H,25,26);1H. The number of nitrogens with one attached hydrogen (secondary N) is 1. The van der Waals surface area contributed by atoms with Gasteiger partial charge in [0.1, 0.15) is 0 Å². The lowest BCUT2D eigenvalue weighted by molar-refractivity contribution is -0.132. The van der Waals surface area contributed by atoms with Crippen molar-refractivity contribution in [3.8, 4) is 0 Å². The molecular formula is C23H36IN5O2. The van der Waals surface area contributed by atoms with Crippen molar-refractivity contribution in [3.63, 3.8) is 0 Å². The molecule has 0 bridgehead atoms. The van der Waals surface area contributed by atoms with Crippen LogP contribution in [0.1, 0.15) is 50.2 Å². The number of carbonyl (C=O) groups excluding carboxylic acids is 2. The van der Waals surface area contributed by atoms with Crippen LogP contribution in [-0.4, -0.2) is 60.3 Å². The Bertz CT molecular complexity index is 770. The zero-order valence-corrected chi connectivity index (χ0v) is 20.8. The molecule has 0 spiro atoms. The quantitative estimate of drug-likeness (QED) is 0.240. The summed E-state index contributed by atoms with van der Waals surface area (Å²) in [4.78, 5) is 32.8. The Kier molecular flexibility index (Phi) is 10.6. The number of aliphatic imine (C=N–C) groups is 1. The molecule has 1 aromatic carbocycles. The van der Waals surface area contributed by atoms with E-state index in [-0.39, 0.29) is 35.8 Å². The molecule has 1 unspecified atom stereocenters. The first-order valence-electron chi connectivity index (χ1n) is 11.2. The van der Waals surface area contributed by atoms with E-state index in [1.165, 1.54) is 11.1 Å². The predicted molar refractivity (Wildman–Crippen MR) is 134 cm³/mol. The van der Waals surface area contributed by atoms with Crippen LogP contribution in [0.25, 0.3) is 0 Å². The molecule has 3 N–H and O–H groups in total. The molecule has 3 rings (SSSR count). The van der Waals surface area contributed by atoms with Crippen molar-refractivity contribution in [2.45, 2.75) is 52.0 Å². The van der Waals surface area contributed by atoms with E-state index in [1.54, 1.807) is 0 Å². The molecule has 2 aliphatic heterocycles. The molecule has 31 heavy (non-hydrogen) atoms. The van der Waals surface area contributed by atoms with Crippen LogP contribution in [0, 0.1) is 5.92 Å². The fourth-order valence-corrected chi connectivity index (χ4v) is 4.42. The lowest BCUT2D eigenvalue weighted by atomic mass is 9.95. The van der Waals surface area contributed by atoms with Gasteiger partial charge in [0, 0.05) is 52.1 Å². The first-order chi connectivity index (χ1) is 14.6. The second-order valence-electron chi connectivity index (χ2n) is 8.30. The first-order valence-corrected chi connectivity index (χ1v) is 11.2. The van der Waals surface area contributed by atoms with E-state index in [1.807, 2.05) is 11.0 Å². The number of hydrogen-bond donors (Lipinski definition) is 2. The fourth-order valence-electron chi connectivity index (χ4n) is 4.42. The zero-order valence-electron chi connectivity index (χ0n) is 18.5. The first kappa shape index (κ1) is 25.4. The highest BCUT2D eigenvalue weighted by atomic mass is 127. The number of guanidine groups is 1. The summed E-state index contributed by atoms with van der Waals surface area (Å²) < 4.78 is 0. The maximum atomic E-state index is 12.6. The summed E-state index contributed by atoms with van der Waals surface area (Å²) in [7, 11) is 0. The number of nitrogens with zero attached hydrogens (tertiary/aromatic N) is 3. The summed E-state index contributed by atoms with van der Waals surface area (Å²) in [5, 5.41) is 3.35. The second kappa shape index (κ2) is 12.9. The number of likely N-dealkylation sites (tertiary alicyclic amines) is 1. The van der Waals surface area contributed by atoms with Crippen molar-refractivity contribution >= 4 is 41.8 Å².